The van der Waals surface area contributed by atoms with Gasteiger partial charge in [-0.3, -0.25) is 9.59 Å². The van der Waals surface area contributed by atoms with Gasteiger partial charge >= 0.3 is 5.97 Å². The third kappa shape index (κ3) is 5.27. The lowest BCUT2D eigenvalue weighted by Crippen LogP contribution is -2.14. The summed E-state index contributed by atoms with van der Waals surface area (Å²) in [6.07, 6.45) is 0.794. The predicted octanol–water partition coefficient (Wildman–Crippen LogP) is 3.80. The number of halogens is 3. The summed E-state index contributed by atoms with van der Waals surface area (Å²) in [6, 6.07) is 1.69. The Labute approximate surface area is 147 Å². The number of carbonyl (C=O) groups excluding carboxylic acids is 2. The zero-order valence-electron chi connectivity index (χ0n) is 11.3. The van der Waals surface area contributed by atoms with Crippen LogP contribution in [0.2, 0.25) is 0 Å². The Hall–Kier alpha value is -0.600. The maximum absolute atomic E-state index is 11.4. The van der Waals surface area contributed by atoms with Crippen molar-refractivity contribution in [1.82, 2.24) is 0 Å². The van der Waals surface area contributed by atoms with E-state index in [2.05, 4.69) is 47.8 Å². The lowest BCUT2D eigenvalue weighted by molar-refractivity contribution is -0.143. The lowest BCUT2D eigenvalue weighted by atomic mass is 10.2. The molecule has 21 heavy (non-hydrogen) atoms. The second-order valence-electron chi connectivity index (χ2n) is 3.98. The Morgan fingerprint density at radius 3 is 2.48 bits per heavy atom. The summed E-state index contributed by atoms with van der Waals surface area (Å²) in [5.41, 5.74) is 5.64. The Morgan fingerprint density at radius 1 is 1.24 bits per heavy atom. The summed E-state index contributed by atoms with van der Waals surface area (Å²) in [4.78, 5) is 22.6. The molecular formula is C13H14Br3NO4. The molecule has 1 rings (SSSR count). The van der Waals surface area contributed by atoms with Crippen molar-refractivity contribution in [2.75, 3.05) is 13.2 Å². The summed E-state index contributed by atoms with van der Waals surface area (Å²) >= 11 is 9.94. The first-order valence-electron chi connectivity index (χ1n) is 6.14. The van der Waals surface area contributed by atoms with Crippen LogP contribution in [0.3, 0.4) is 0 Å². The summed E-state index contributed by atoms with van der Waals surface area (Å²) in [6.45, 7) is 2.44. The largest absolute Gasteiger partial charge is 0.491 e. The van der Waals surface area contributed by atoms with Crippen molar-refractivity contribution in [2.45, 2.75) is 19.8 Å². The van der Waals surface area contributed by atoms with Crippen molar-refractivity contribution in [1.29, 1.82) is 0 Å². The first-order chi connectivity index (χ1) is 9.88. The van der Waals surface area contributed by atoms with E-state index in [9.17, 15) is 9.59 Å². The van der Waals surface area contributed by atoms with E-state index in [4.69, 9.17) is 15.2 Å². The van der Waals surface area contributed by atoms with Crippen molar-refractivity contribution >= 4 is 59.7 Å². The molecule has 0 aromatic heterocycles. The van der Waals surface area contributed by atoms with Crippen molar-refractivity contribution < 1.29 is 19.1 Å². The van der Waals surface area contributed by atoms with E-state index in [-0.39, 0.29) is 12.4 Å². The Bertz CT molecular complexity index is 549. The van der Waals surface area contributed by atoms with E-state index in [1.54, 1.807) is 13.0 Å². The molecule has 2 N–H and O–H groups in total. The quantitative estimate of drug-likeness (QED) is 0.469. The SMILES string of the molecule is CCOC(=O)CCCOc1c(Br)cc(Br)c(C(N)=O)c1Br. The monoisotopic (exact) mass is 485 g/mol. The maximum atomic E-state index is 11.4. The highest BCUT2D eigenvalue weighted by Gasteiger charge is 2.19. The molecule has 1 aromatic carbocycles. The minimum atomic E-state index is -0.572. The molecule has 0 saturated carbocycles. The normalized spacial score (nSPS) is 10.3. The molecule has 0 unspecified atom stereocenters. The van der Waals surface area contributed by atoms with E-state index in [0.29, 0.717) is 44.4 Å². The maximum Gasteiger partial charge on any atom is 0.305 e. The lowest BCUT2D eigenvalue weighted by Gasteiger charge is -2.13. The minimum absolute atomic E-state index is 0.257. The first kappa shape index (κ1) is 18.4. The van der Waals surface area contributed by atoms with Crippen molar-refractivity contribution in [3.8, 4) is 5.75 Å². The predicted molar refractivity (Wildman–Crippen MR) is 89.4 cm³/mol. The van der Waals surface area contributed by atoms with Gasteiger partial charge in [-0.2, -0.15) is 0 Å². The highest BCUT2D eigenvalue weighted by molar-refractivity contribution is 9.11. The summed E-state index contributed by atoms with van der Waals surface area (Å²) in [5.74, 6) is -0.360. The molecule has 0 aliphatic rings. The van der Waals surface area contributed by atoms with Gasteiger partial charge in [-0.1, -0.05) is 0 Å². The fraction of sp³-hybridized carbons (Fsp3) is 0.385. The number of carbonyl (C=O) groups is 2. The third-order valence-corrected chi connectivity index (χ3v) is 4.42. The van der Waals surface area contributed by atoms with Crippen LogP contribution in [0.15, 0.2) is 19.5 Å². The molecular weight excluding hydrogens is 474 g/mol. The zero-order chi connectivity index (χ0) is 16.0. The average Bonchev–Trinajstić information content (AvgIpc) is 2.36. The number of benzene rings is 1. The van der Waals surface area contributed by atoms with Crippen molar-refractivity contribution in [2.24, 2.45) is 5.73 Å². The van der Waals surface area contributed by atoms with Gasteiger partial charge in [0.15, 0.2) is 0 Å². The van der Waals surface area contributed by atoms with Gasteiger partial charge in [0.25, 0.3) is 5.91 Å². The minimum Gasteiger partial charge on any atom is -0.491 e. The van der Waals surface area contributed by atoms with E-state index >= 15 is 0 Å². The molecule has 0 aliphatic heterocycles. The molecule has 0 radical (unpaired) electrons. The van der Waals surface area contributed by atoms with Crippen molar-refractivity contribution in [3.63, 3.8) is 0 Å². The van der Waals surface area contributed by atoms with Crippen LogP contribution in [0.25, 0.3) is 0 Å². The average molecular weight is 488 g/mol. The Kier molecular flexibility index (Phi) is 7.69. The smallest absolute Gasteiger partial charge is 0.305 e. The van der Waals surface area contributed by atoms with Gasteiger partial charge in [0.2, 0.25) is 0 Å². The molecule has 116 valence electrons. The molecule has 0 spiro atoms. The van der Waals surface area contributed by atoms with Crippen LogP contribution in [0.1, 0.15) is 30.1 Å². The number of ether oxygens (including phenoxy) is 2. The van der Waals surface area contributed by atoms with Gasteiger partial charge in [-0.25, -0.2) is 0 Å². The fourth-order valence-corrected chi connectivity index (χ4v) is 4.29. The van der Waals surface area contributed by atoms with E-state index in [1.165, 1.54) is 0 Å². The molecule has 5 nitrogen and oxygen atoms in total. The molecule has 0 atom stereocenters. The van der Waals surface area contributed by atoms with Gasteiger partial charge in [0.1, 0.15) is 5.75 Å². The molecule has 1 amide bonds. The third-order valence-electron chi connectivity index (χ3n) is 2.45. The fourth-order valence-electron chi connectivity index (χ4n) is 1.55. The molecule has 0 heterocycles. The number of amides is 1. The van der Waals surface area contributed by atoms with Gasteiger partial charge < -0.3 is 15.2 Å². The Balaban J connectivity index is 2.73. The van der Waals surface area contributed by atoms with Crippen LogP contribution < -0.4 is 10.5 Å². The molecule has 0 bridgehead atoms. The van der Waals surface area contributed by atoms with Gasteiger partial charge in [0.05, 0.1) is 27.7 Å². The molecule has 8 heteroatoms. The number of primary amides is 1. The summed E-state index contributed by atoms with van der Waals surface area (Å²) < 4.78 is 12.1. The van der Waals surface area contributed by atoms with Crippen LogP contribution in [-0.2, 0) is 9.53 Å². The second kappa shape index (κ2) is 8.75. The molecule has 0 aliphatic carbocycles. The van der Waals surface area contributed by atoms with Gasteiger partial charge in [0, 0.05) is 10.9 Å². The van der Waals surface area contributed by atoms with Gasteiger partial charge in [-0.15, -0.1) is 0 Å². The van der Waals surface area contributed by atoms with Crippen LogP contribution in [0.5, 0.6) is 5.75 Å². The van der Waals surface area contributed by atoms with Crippen LogP contribution in [-0.4, -0.2) is 25.1 Å². The van der Waals surface area contributed by atoms with Gasteiger partial charge in [-0.05, 0) is 67.2 Å². The summed E-state index contributed by atoms with van der Waals surface area (Å²) in [7, 11) is 0. The highest BCUT2D eigenvalue weighted by Crippen LogP contribution is 2.40. The second-order valence-corrected chi connectivity index (χ2v) is 6.48. The first-order valence-corrected chi connectivity index (χ1v) is 8.52. The van der Waals surface area contributed by atoms with E-state index in [0.717, 1.165) is 0 Å². The number of nitrogens with two attached hydrogens (primary N) is 1. The van der Waals surface area contributed by atoms with Crippen LogP contribution in [0, 0.1) is 0 Å². The Morgan fingerprint density at radius 2 is 1.90 bits per heavy atom. The summed E-state index contributed by atoms with van der Waals surface area (Å²) in [5, 5.41) is 0. The zero-order valence-corrected chi connectivity index (χ0v) is 16.0. The van der Waals surface area contributed by atoms with Crippen LogP contribution in [0.4, 0.5) is 0 Å². The molecule has 1 aromatic rings. The number of hydrogen-bond acceptors (Lipinski definition) is 4. The number of esters is 1. The standard InChI is InChI=1S/C13H14Br3NO4/c1-2-20-9(18)4-3-5-21-12-8(15)6-7(14)10(11(12)16)13(17)19/h6H,2-5H2,1H3,(H2,17,19). The van der Waals surface area contributed by atoms with Crippen molar-refractivity contribution in [3.05, 3.63) is 25.0 Å². The van der Waals surface area contributed by atoms with E-state index in [1.807, 2.05) is 0 Å². The molecule has 0 saturated heterocycles. The molecule has 0 fully saturated rings. The number of hydrogen-bond donors (Lipinski definition) is 1. The number of rotatable bonds is 7. The van der Waals surface area contributed by atoms with E-state index < -0.39 is 5.91 Å². The highest BCUT2D eigenvalue weighted by atomic mass is 79.9. The topological polar surface area (TPSA) is 78.6 Å². The van der Waals surface area contributed by atoms with Crippen LogP contribution >= 0.6 is 47.8 Å².